The van der Waals surface area contributed by atoms with E-state index in [0.29, 0.717) is 0 Å². The third-order valence-corrected chi connectivity index (χ3v) is 2.33. The average molecular weight is 212 g/mol. The zero-order valence-electron chi connectivity index (χ0n) is 9.26. The summed E-state index contributed by atoms with van der Waals surface area (Å²) in [5.74, 6) is 0. The highest BCUT2D eigenvalue weighted by Gasteiger charge is 2.08. The van der Waals surface area contributed by atoms with Crippen LogP contribution in [0, 0.1) is 0 Å². The molecule has 1 aromatic rings. The predicted octanol–water partition coefficient (Wildman–Crippen LogP) is 0.850. The van der Waals surface area contributed by atoms with E-state index in [1.807, 2.05) is 6.20 Å². The van der Waals surface area contributed by atoms with Crippen molar-refractivity contribution in [3.05, 3.63) is 11.9 Å². The van der Waals surface area contributed by atoms with Crippen molar-refractivity contribution in [1.82, 2.24) is 15.0 Å². The van der Waals surface area contributed by atoms with Gasteiger partial charge >= 0.3 is 0 Å². The number of aliphatic hydroxyl groups is 1. The standard InChI is InChI=1S/C10H20N4O/c1-2-5-9(11)10-8-14(13-12-10)6-3-4-7-15/h8-9,15H,2-7,11H2,1H3. The van der Waals surface area contributed by atoms with E-state index in [2.05, 4.69) is 17.2 Å². The summed E-state index contributed by atoms with van der Waals surface area (Å²) in [6.45, 7) is 3.13. The lowest BCUT2D eigenvalue weighted by molar-refractivity contribution is 0.280. The van der Waals surface area contributed by atoms with Crippen molar-refractivity contribution in [2.24, 2.45) is 5.73 Å². The van der Waals surface area contributed by atoms with Gasteiger partial charge in [-0.2, -0.15) is 0 Å². The van der Waals surface area contributed by atoms with Crippen LogP contribution < -0.4 is 5.73 Å². The maximum absolute atomic E-state index is 8.64. The third-order valence-electron chi connectivity index (χ3n) is 2.33. The highest BCUT2D eigenvalue weighted by Crippen LogP contribution is 2.11. The summed E-state index contributed by atoms with van der Waals surface area (Å²) in [5.41, 5.74) is 6.78. The second-order valence-corrected chi connectivity index (χ2v) is 3.73. The van der Waals surface area contributed by atoms with E-state index in [1.165, 1.54) is 0 Å². The molecule has 1 rings (SSSR count). The molecule has 0 saturated heterocycles. The summed E-state index contributed by atoms with van der Waals surface area (Å²) in [6, 6.07) is 0.00147. The molecule has 1 heterocycles. The van der Waals surface area contributed by atoms with Crippen molar-refractivity contribution in [3.63, 3.8) is 0 Å². The van der Waals surface area contributed by atoms with Gasteiger partial charge in [0.2, 0.25) is 0 Å². The molecule has 0 aromatic carbocycles. The van der Waals surface area contributed by atoms with Crippen LogP contribution in [-0.2, 0) is 6.54 Å². The Bertz CT molecular complexity index is 274. The first kappa shape index (κ1) is 12.1. The highest BCUT2D eigenvalue weighted by atomic mass is 16.2. The maximum atomic E-state index is 8.64. The number of aryl methyl sites for hydroxylation is 1. The second kappa shape index (κ2) is 6.53. The fourth-order valence-corrected chi connectivity index (χ4v) is 1.44. The van der Waals surface area contributed by atoms with Gasteiger partial charge in [0.15, 0.2) is 0 Å². The molecule has 86 valence electrons. The van der Waals surface area contributed by atoms with Crippen molar-refractivity contribution in [1.29, 1.82) is 0 Å². The molecule has 1 unspecified atom stereocenters. The Labute approximate surface area is 90.3 Å². The number of rotatable bonds is 7. The smallest absolute Gasteiger partial charge is 0.0994 e. The topological polar surface area (TPSA) is 77.0 Å². The van der Waals surface area contributed by atoms with Gasteiger partial charge in [0.05, 0.1) is 17.9 Å². The van der Waals surface area contributed by atoms with Gasteiger partial charge in [-0.15, -0.1) is 5.10 Å². The predicted molar refractivity (Wildman–Crippen MR) is 58.2 cm³/mol. The van der Waals surface area contributed by atoms with E-state index >= 15 is 0 Å². The van der Waals surface area contributed by atoms with Crippen LogP contribution in [0.25, 0.3) is 0 Å². The summed E-state index contributed by atoms with van der Waals surface area (Å²) in [5, 5.41) is 16.7. The molecule has 0 radical (unpaired) electrons. The number of hydrogen-bond acceptors (Lipinski definition) is 4. The molecule has 0 aliphatic heterocycles. The Kier molecular flexibility index (Phi) is 5.28. The van der Waals surface area contributed by atoms with Crippen molar-refractivity contribution >= 4 is 0 Å². The van der Waals surface area contributed by atoms with E-state index < -0.39 is 0 Å². The maximum Gasteiger partial charge on any atom is 0.0994 e. The molecule has 0 aliphatic rings. The summed E-state index contributed by atoms with van der Waals surface area (Å²) in [7, 11) is 0. The lowest BCUT2D eigenvalue weighted by Gasteiger charge is -2.04. The van der Waals surface area contributed by atoms with Gasteiger partial charge in [0.1, 0.15) is 0 Å². The molecule has 1 aromatic heterocycles. The molecule has 15 heavy (non-hydrogen) atoms. The van der Waals surface area contributed by atoms with Crippen molar-refractivity contribution in [2.75, 3.05) is 6.61 Å². The highest BCUT2D eigenvalue weighted by molar-refractivity contribution is 4.99. The van der Waals surface area contributed by atoms with Gasteiger partial charge < -0.3 is 10.8 Å². The molecule has 0 fully saturated rings. The molecule has 0 spiro atoms. The number of nitrogens with two attached hydrogens (primary N) is 1. The summed E-state index contributed by atoms with van der Waals surface area (Å²) in [6.07, 6.45) is 5.62. The molecule has 5 heteroatoms. The van der Waals surface area contributed by atoms with E-state index in [0.717, 1.165) is 37.9 Å². The molecular formula is C10H20N4O. The molecule has 3 N–H and O–H groups in total. The lowest BCUT2D eigenvalue weighted by atomic mass is 10.1. The van der Waals surface area contributed by atoms with Crippen molar-refractivity contribution in [2.45, 2.75) is 45.2 Å². The lowest BCUT2D eigenvalue weighted by Crippen LogP contribution is -2.10. The first-order chi connectivity index (χ1) is 7.27. The quantitative estimate of drug-likeness (QED) is 0.657. The Morgan fingerprint density at radius 1 is 1.53 bits per heavy atom. The molecule has 0 aliphatic carbocycles. The Hall–Kier alpha value is -0.940. The first-order valence-corrected chi connectivity index (χ1v) is 5.54. The van der Waals surface area contributed by atoms with Crippen LogP contribution in [0.5, 0.6) is 0 Å². The minimum atomic E-state index is 0.00147. The summed E-state index contributed by atoms with van der Waals surface area (Å²) < 4.78 is 1.79. The fraction of sp³-hybridized carbons (Fsp3) is 0.800. The Morgan fingerprint density at radius 2 is 2.33 bits per heavy atom. The minimum absolute atomic E-state index is 0.00147. The van der Waals surface area contributed by atoms with Crippen molar-refractivity contribution in [3.8, 4) is 0 Å². The number of unbranched alkanes of at least 4 members (excludes halogenated alkanes) is 1. The molecule has 1 atom stereocenters. The van der Waals surface area contributed by atoms with Crippen LogP contribution in [-0.4, -0.2) is 26.7 Å². The van der Waals surface area contributed by atoms with Crippen LogP contribution >= 0.6 is 0 Å². The van der Waals surface area contributed by atoms with E-state index in [1.54, 1.807) is 4.68 Å². The van der Waals surface area contributed by atoms with Crippen LogP contribution in [0.15, 0.2) is 6.20 Å². The Balaban J connectivity index is 2.41. The van der Waals surface area contributed by atoms with Gasteiger partial charge in [-0.25, -0.2) is 0 Å². The number of aromatic nitrogens is 3. The monoisotopic (exact) mass is 212 g/mol. The second-order valence-electron chi connectivity index (χ2n) is 3.73. The Morgan fingerprint density at radius 3 is 3.00 bits per heavy atom. The fourth-order valence-electron chi connectivity index (χ4n) is 1.44. The van der Waals surface area contributed by atoms with E-state index in [4.69, 9.17) is 10.8 Å². The van der Waals surface area contributed by atoms with Crippen molar-refractivity contribution < 1.29 is 5.11 Å². The first-order valence-electron chi connectivity index (χ1n) is 5.54. The molecular weight excluding hydrogens is 192 g/mol. The SMILES string of the molecule is CCCC(N)c1cn(CCCCO)nn1. The van der Waals surface area contributed by atoms with E-state index in [9.17, 15) is 0 Å². The molecule has 0 saturated carbocycles. The van der Waals surface area contributed by atoms with E-state index in [-0.39, 0.29) is 12.6 Å². The largest absolute Gasteiger partial charge is 0.396 e. The van der Waals surface area contributed by atoms with Gasteiger partial charge in [-0.1, -0.05) is 18.6 Å². The average Bonchev–Trinajstić information content (AvgIpc) is 2.67. The van der Waals surface area contributed by atoms with Gasteiger partial charge in [-0.05, 0) is 19.3 Å². The van der Waals surface area contributed by atoms with Crippen LogP contribution in [0.1, 0.15) is 44.3 Å². The minimum Gasteiger partial charge on any atom is -0.396 e. The molecule has 0 bridgehead atoms. The van der Waals surface area contributed by atoms with Crippen LogP contribution in [0.3, 0.4) is 0 Å². The summed E-state index contributed by atoms with van der Waals surface area (Å²) >= 11 is 0. The van der Waals surface area contributed by atoms with Gasteiger partial charge in [0, 0.05) is 13.2 Å². The van der Waals surface area contributed by atoms with Gasteiger partial charge in [0.25, 0.3) is 0 Å². The summed E-state index contributed by atoms with van der Waals surface area (Å²) in [4.78, 5) is 0. The van der Waals surface area contributed by atoms with Gasteiger partial charge in [-0.3, -0.25) is 4.68 Å². The van der Waals surface area contributed by atoms with Crippen LogP contribution in [0.2, 0.25) is 0 Å². The third kappa shape index (κ3) is 3.97. The number of hydrogen-bond donors (Lipinski definition) is 2. The molecule has 5 nitrogen and oxygen atoms in total. The number of aliphatic hydroxyl groups excluding tert-OH is 1. The molecule has 0 amide bonds. The normalized spacial score (nSPS) is 13.0. The zero-order valence-corrected chi connectivity index (χ0v) is 9.26. The zero-order chi connectivity index (χ0) is 11.1. The number of nitrogens with zero attached hydrogens (tertiary/aromatic N) is 3. The van der Waals surface area contributed by atoms with Crippen LogP contribution in [0.4, 0.5) is 0 Å².